The number of nitrogen functional groups attached to an aromatic ring is 1. The van der Waals surface area contributed by atoms with Crippen molar-refractivity contribution in [3.8, 4) is 0 Å². The minimum absolute atomic E-state index is 0.0960. The van der Waals surface area contributed by atoms with Gasteiger partial charge in [-0.2, -0.15) is 0 Å². The fraction of sp³-hybridized carbons (Fsp3) is 0.333. The van der Waals surface area contributed by atoms with Crippen molar-refractivity contribution in [3.63, 3.8) is 0 Å². The van der Waals surface area contributed by atoms with Crippen molar-refractivity contribution < 1.29 is 23.9 Å². The summed E-state index contributed by atoms with van der Waals surface area (Å²) in [5.74, 6) is -2.11. The zero-order chi connectivity index (χ0) is 22.0. The van der Waals surface area contributed by atoms with Crippen LogP contribution in [0.2, 0.25) is 15.2 Å². The third kappa shape index (κ3) is 4.49. The zero-order valence-corrected chi connectivity index (χ0v) is 18.3. The summed E-state index contributed by atoms with van der Waals surface area (Å²) in [6, 6.07) is 0. The molecule has 3 N–H and O–H groups in total. The van der Waals surface area contributed by atoms with E-state index < -0.39 is 23.8 Å². The van der Waals surface area contributed by atoms with E-state index in [-0.39, 0.29) is 44.4 Å². The second-order valence-electron chi connectivity index (χ2n) is 6.05. The molecule has 0 radical (unpaired) electrons. The number of carbonyl (C=O) groups is 3. The summed E-state index contributed by atoms with van der Waals surface area (Å²) in [7, 11) is 0. The van der Waals surface area contributed by atoms with Crippen molar-refractivity contribution in [2.45, 2.75) is 33.8 Å². The number of aromatic nitrogens is 2. The molecule has 0 spiro atoms. The molecule has 29 heavy (non-hydrogen) atoms. The maximum absolute atomic E-state index is 12.8. The molecule has 8 nitrogen and oxygen atoms in total. The molecule has 2 heterocycles. The lowest BCUT2D eigenvalue weighted by Crippen LogP contribution is -2.26. The molecular formula is C18H18Cl3N3O5. The van der Waals surface area contributed by atoms with E-state index in [1.807, 2.05) is 0 Å². The van der Waals surface area contributed by atoms with E-state index in [9.17, 15) is 14.4 Å². The molecule has 0 aromatic carbocycles. The molecule has 0 saturated heterocycles. The molecule has 2 aromatic rings. The van der Waals surface area contributed by atoms with E-state index in [1.54, 1.807) is 20.8 Å². The van der Waals surface area contributed by atoms with E-state index in [1.165, 1.54) is 6.92 Å². The van der Waals surface area contributed by atoms with Crippen LogP contribution in [0.15, 0.2) is 0 Å². The van der Waals surface area contributed by atoms with Gasteiger partial charge in [-0.15, -0.1) is 0 Å². The number of ether oxygens (including phenoxy) is 2. The van der Waals surface area contributed by atoms with Gasteiger partial charge in [0.05, 0.1) is 28.6 Å². The van der Waals surface area contributed by atoms with Crippen LogP contribution in [0.5, 0.6) is 0 Å². The number of nitrogens with two attached hydrogens (primary N) is 1. The summed E-state index contributed by atoms with van der Waals surface area (Å²) in [5, 5.41) is -0.559. The lowest BCUT2D eigenvalue weighted by atomic mass is 10.1. The van der Waals surface area contributed by atoms with Crippen LogP contribution in [-0.4, -0.2) is 40.4 Å². The van der Waals surface area contributed by atoms with Crippen molar-refractivity contribution in [1.29, 1.82) is 0 Å². The van der Waals surface area contributed by atoms with Crippen LogP contribution in [0.4, 0.5) is 5.69 Å². The van der Waals surface area contributed by atoms with E-state index >= 15 is 0 Å². The van der Waals surface area contributed by atoms with Gasteiger partial charge in [0.1, 0.15) is 5.02 Å². The second kappa shape index (κ2) is 9.02. The first-order valence-corrected chi connectivity index (χ1v) is 9.55. The fourth-order valence-corrected chi connectivity index (χ4v) is 3.23. The van der Waals surface area contributed by atoms with E-state index in [4.69, 9.17) is 50.0 Å². The van der Waals surface area contributed by atoms with Crippen LogP contribution >= 0.6 is 34.8 Å². The van der Waals surface area contributed by atoms with Gasteiger partial charge in [-0.1, -0.05) is 34.8 Å². The van der Waals surface area contributed by atoms with E-state index in [0.29, 0.717) is 11.3 Å². The van der Waals surface area contributed by atoms with Crippen LogP contribution in [0.25, 0.3) is 0 Å². The van der Waals surface area contributed by atoms with Gasteiger partial charge in [-0.25, -0.2) is 14.6 Å². The number of aromatic amines is 1. The van der Waals surface area contributed by atoms with Crippen molar-refractivity contribution >= 4 is 58.2 Å². The Morgan fingerprint density at radius 2 is 1.76 bits per heavy atom. The number of hydrogen-bond acceptors (Lipinski definition) is 7. The van der Waals surface area contributed by atoms with Crippen molar-refractivity contribution in [3.05, 3.63) is 43.4 Å². The van der Waals surface area contributed by atoms with E-state index in [2.05, 4.69) is 9.97 Å². The fourth-order valence-electron chi connectivity index (χ4n) is 2.65. The highest BCUT2D eigenvalue weighted by Crippen LogP contribution is 2.34. The highest BCUT2D eigenvalue weighted by molar-refractivity contribution is 6.46. The molecule has 2 aromatic heterocycles. The van der Waals surface area contributed by atoms with Gasteiger partial charge in [-0.3, -0.25) is 4.79 Å². The molecule has 0 amide bonds. The van der Waals surface area contributed by atoms with Gasteiger partial charge in [0.25, 0.3) is 0 Å². The number of rotatable bonds is 6. The highest BCUT2D eigenvalue weighted by Gasteiger charge is 2.29. The molecular weight excluding hydrogens is 445 g/mol. The molecule has 156 valence electrons. The Balaban J connectivity index is 2.27. The third-order valence-electron chi connectivity index (χ3n) is 4.08. The van der Waals surface area contributed by atoms with E-state index in [0.717, 1.165) is 0 Å². The average molecular weight is 463 g/mol. The molecule has 2 rings (SSSR count). The summed E-state index contributed by atoms with van der Waals surface area (Å²) in [6.07, 6.45) is -1.22. The topological polar surface area (TPSA) is 124 Å². The van der Waals surface area contributed by atoms with Crippen molar-refractivity contribution in [1.82, 2.24) is 9.97 Å². The molecule has 1 unspecified atom stereocenters. The number of ketones is 1. The number of nitrogens with zero attached hydrogens (tertiary/aromatic N) is 1. The normalized spacial score (nSPS) is 11.8. The van der Waals surface area contributed by atoms with Crippen LogP contribution in [0.3, 0.4) is 0 Å². The maximum Gasteiger partial charge on any atom is 0.359 e. The number of H-pyrrole nitrogens is 1. The summed E-state index contributed by atoms with van der Waals surface area (Å²) in [6.45, 7) is 6.47. The SMILES string of the molecule is CCOC(=O)c1c(C)[nH]c(C(=O)C(C)OC(=O)c2nc(Cl)c(Cl)c(N)c2Cl)c1C. The zero-order valence-electron chi connectivity index (χ0n) is 16.0. The van der Waals surface area contributed by atoms with Crippen molar-refractivity contribution in [2.75, 3.05) is 12.3 Å². The molecule has 0 fully saturated rings. The first-order chi connectivity index (χ1) is 13.5. The quantitative estimate of drug-likeness (QED) is 0.375. The Morgan fingerprint density at radius 3 is 2.34 bits per heavy atom. The number of Topliss-reactive ketones (excluding diaryl/α,β-unsaturated/α-hetero) is 1. The predicted molar refractivity (Wildman–Crippen MR) is 109 cm³/mol. The van der Waals surface area contributed by atoms with Gasteiger partial charge in [0.2, 0.25) is 5.78 Å². The Kier molecular flexibility index (Phi) is 7.15. The van der Waals surface area contributed by atoms with Gasteiger partial charge in [0.15, 0.2) is 17.0 Å². The molecule has 0 saturated carbocycles. The van der Waals surface area contributed by atoms with Crippen LogP contribution in [0.1, 0.15) is 56.4 Å². The molecule has 11 heteroatoms. The minimum atomic E-state index is -1.22. The average Bonchev–Trinajstić information content (AvgIpc) is 2.96. The summed E-state index contributed by atoms with van der Waals surface area (Å²) in [4.78, 5) is 43.9. The monoisotopic (exact) mass is 461 g/mol. The van der Waals surface area contributed by atoms with Gasteiger partial charge in [-0.05, 0) is 33.3 Å². The first-order valence-electron chi connectivity index (χ1n) is 8.42. The number of aryl methyl sites for hydroxylation is 1. The minimum Gasteiger partial charge on any atom is -0.462 e. The lowest BCUT2D eigenvalue weighted by Gasteiger charge is -2.14. The third-order valence-corrected chi connectivity index (χ3v) is 5.22. The Morgan fingerprint density at radius 1 is 1.14 bits per heavy atom. The molecule has 0 aliphatic carbocycles. The standard InChI is InChI=1S/C18H18Cl3N3O5/c1-5-28-17(26)9-6(2)13(23-7(9)3)15(25)8(4)29-18(27)14-10(19)12(22)11(20)16(21)24-14/h8,23H,5H2,1-4H3,(H2,22,24). The smallest absolute Gasteiger partial charge is 0.359 e. The molecule has 0 aliphatic rings. The number of carbonyl (C=O) groups excluding carboxylic acids is 3. The molecule has 1 atom stereocenters. The Bertz CT molecular complexity index is 1000. The summed E-state index contributed by atoms with van der Waals surface area (Å²) < 4.78 is 10.2. The Hall–Kier alpha value is -2.29. The van der Waals surface area contributed by atoms with Crippen LogP contribution in [-0.2, 0) is 9.47 Å². The number of hydrogen-bond donors (Lipinski definition) is 2. The predicted octanol–water partition coefficient (Wildman–Crippen LogP) is 4.17. The summed E-state index contributed by atoms with van der Waals surface area (Å²) >= 11 is 17.6. The number of anilines is 1. The largest absolute Gasteiger partial charge is 0.462 e. The maximum atomic E-state index is 12.8. The molecule has 0 bridgehead atoms. The number of halogens is 3. The van der Waals surface area contributed by atoms with Gasteiger partial charge >= 0.3 is 11.9 Å². The van der Waals surface area contributed by atoms with Crippen LogP contribution < -0.4 is 5.73 Å². The highest BCUT2D eigenvalue weighted by atomic mass is 35.5. The first kappa shape index (κ1) is 23.0. The van der Waals surface area contributed by atoms with Gasteiger partial charge in [0, 0.05) is 5.69 Å². The number of pyridine rings is 1. The van der Waals surface area contributed by atoms with Crippen LogP contribution in [0, 0.1) is 13.8 Å². The number of nitrogens with one attached hydrogen (secondary N) is 1. The number of esters is 2. The lowest BCUT2D eigenvalue weighted by molar-refractivity contribution is 0.0311. The van der Waals surface area contributed by atoms with Crippen molar-refractivity contribution in [2.24, 2.45) is 0 Å². The molecule has 0 aliphatic heterocycles. The summed E-state index contributed by atoms with van der Waals surface area (Å²) in [5.41, 5.74) is 6.42. The second-order valence-corrected chi connectivity index (χ2v) is 7.16. The van der Waals surface area contributed by atoms with Gasteiger partial charge < -0.3 is 20.2 Å². The Labute approximate surface area is 181 Å².